The van der Waals surface area contributed by atoms with Gasteiger partial charge in [-0.25, -0.2) is 0 Å². The summed E-state index contributed by atoms with van der Waals surface area (Å²) in [6.07, 6.45) is 4.85. The highest BCUT2D eigenvalue weighted by Gasteiger charge is 2.06. The lowest BCUT2D eigenvalue weighted by molar-refractivity contribution is -0.116. The summed E-state index contributed by atoms with van der Waals surface area (Å²) in [7, 11) is 1.83. The SMILES string of the molecule is Cn1ncc(Br)c1CNC(=O)/C=C/c1ccccc1Cl. The monoisotopic (exact) mass is 353 g/mol. The molecule has 4 nitrogen and oxygen atoms in total. The zero-order valence-corrected chi connectivity index (χ0v) is 13.1. The zero-order chi connectivity index (χ0) is 14.5. The second kappa shape index (κ2) is 6.72. The van der Waals surface area contributed by atoms with E-state index in [4.69, 9.17) is 11.6 Å². The second-order valence-electron chi connectivity index (χ2n) is 4.14. The van der Waals surface area contributed by atoms with Gasteiger partial charge in [-0.1, -0.05) is 29.8 Å². The summed E-state index contributed by atoms with van der Waals surface area (Å²) in [6, 6.07) is 7.35. The van der Waals surface area contributed by atoms with Crippen LogP contribution in [0.5, 0.6) is 0 Å². The third-order valence-electron chi connectivity index (χ3n) is 2.76. The van der Waals surface area contributed by atoms with Crippen molar-refractivity contribution in [1.29, 1.82) is 0 Å². The molecule has 0 saturated carbocycles. The molecule has 1 aromatic heterocycles. The Morgan fingerprint density at radius 3 is 2.90 bits per heavy atom. The molecular weight excluding hydrogens is 342 g/mol. The number of nitrogens with one attached hydrogen (secondary N) is 1. The van der Waals surface area contributed by atoms with Crippen molar-refractivity contribution in [2.75, 3.05) is 0 Å². The third-order valence-corrected chi connectivity index (χ3v) is 3.77. The molecule has 2 rings (SSSR count). The molecule has 0 unspecified atom stereocenters. The van der Waals surface area contributed by atoms with Gasteiger partial charge in [0.25, 0.3) is 0 Å². The molecule has 1 N–H and O–H groups in total. The number of aryl methyl sites for hydroxylation is 1. The summed E-state index contributed by atoms with van der Waals surface area (Å²) in [5.41, 5.74) is 1.72. The lowest BCUT2D eigenvalue weighted by Crippen LogP contribution is -2.22. The first kappa shape index (κ1) is 14.8. The summed E-state index contributed by atoms with van der Waals surface area (Å²) in [6.45, 7) is 0.406. The fourth-order valence-electron chi connectivity index (χ4n) is 1.64. The van der Waals surface area contributed by atoms with Crippen LogP contribution in [0.1, 0.15) is 11.3 Å². The van der Waals surface area contributed by atoms with Crippen LogP contribution < -0.4 is 5.32 Å². The van der Waals surface area contributed by atoms with Crippen LogP contribution in [-0.2, 0) is 18.4 Å². The Hall–Kier alpha value is -1.59. The smallest absolute Gasteiger partial charge is 0.244 e. The van der Waals surface area contributed by atoms with Crippen LogP contribution in [0.2, 0.25) is 5.02 Å². The van der Waals surface area contributed by atoms with Crippen LogP contribution >= 0.6 is 27.5 Å². The van der Waals surface area contributed by atoms with Crippen molar-refractivity contribution in [3.8, 4) is 0 Å². The van der Waals surface area contributed by atoms with Crippen LogP contribution in [0.15, 0.2) is 41.0 Å². The van der Waals surface area contributed by atoms with Gasteiger partial charge in [-0.3, -0.25) is 9.48 Å². The highest BCUT2D eigenvalue weighted by Crippen LogP contribution is 2.16. The Morgan fingerprint density at radius 1 is 1.50 bits per heavy atom. The average molecular weight is 355 g/mol. The van der Waals surface area contributed by atoms with E-state index in [0.29, 0.717) is 11.6 Å². The van der Waals surface area contributed by atoms with Crippen LogP contribution in [-0.4, -0.2) is 15.7 Å². The molecule has 0 spiro atoms. The Morgan fingerprint density at radius 2 is 2.25 bits per heavy atom. The molecule has 0 fully saturated rings. The number of rotatable bonds is 4. The molecule has 1 amide bonds. The quantitative estimate of drug-likeness (QED) is 0.857. The lowest BCUT2D eigenvalue weighted by Gasteiger charge is -2.04. The first-order valence-corrected chi connectivity index (χ1v) is 7.12. The number of carbonyl (C=O) groups is 1. The van der Waals surface area contributed by atoms with Gasteiger partial charge in [0, 0.05) is 18.1 Å². The highest BCUT2D eigenvalue weighted by molar-refractivity contribution is 9.10. The van der Waals surface area contributed by atoms with Crippen LogP contribution in [0.3, 0.4) is 0 Å². The second-order valence-corrected chi connectivity index (χ2v) is 5.40. The van der Waals surface area contributed by atoms with E-state index in [0.717, 1.165) is 15.7 Å². The summed E-state index contributed by atoms with van der Waals surface area (Å²) >= 11 is 9.39. The third kappa shape index (κ3) is 3.71. The van der Waals surface area contributed by atoms with Crippen molar-refractivity contribution >= 4 is 39.5 Å². The number of benzene rings is 1. The number of amides is 1. The van der Waals surface area contributed by atoms with Crippen molar-refractivity contribution < 1.29 is 4.79 Å². The largest absolute Gasteiger partial charge is 0.347 e. The fraction of sp³-hybridized carbons (Fsp3) is 0.143. The molecule has 104 valence electrons. The first-order valence-electron chi connectivity index (χ1n) is 5.94. The van der Waals surface area contributed by atoms with E-state index >= 15 is 0 Å². The molecule has 0 saturated heterocycles. The maximum atomic E-state index is 11.8. The van der Waals surface area contributed by atoms with E-state index in [1.54, 1.807) is 23.0 Å². The van der Waals surface area contributed by atoms with Gasteiger partial charge in [-0.05, 0) is 33.6 Å². The first-order chi connectivity index (χ1) is 9.58. The minimum atomic E-state index is -0.182. The van der Waals surface area contributed by atoms with Gasteiger partial charge in [0.1, 0.15) is 0 Å². The number of nitrogens with zero attached hydrogens (tertiary/aromatic N) is 2. The van der Waals surface area contributed by atoms with Crippen molar-refractivity contribution in [1.82, 2.24) is 15.1 Å². The van der Waals surface area contributed by atoms with Crippen LogP contribution in [0, 0.1) is 0 Å². The van der Waals surface area contributed by atoms with Crippen molar-refractivity contribution in [3.05, 3.63) is 57.3 Å². The molecule has 1 aromatic carbocycles. The highest BCUT2D eigenvalue weighted by atomic mass is 79.9. The van der Waals surface area contributed by atoms with E-state index in [2.05, 4.69) is 26.3 Å². The van der Waals surface area contributed by atoms with Gasteiger partial charge in [-0.15, -0.1) is 0 Å². The minimum Gasteiger partial charge on any atom is -0.347 e. The Kier molecular flexibility index (Phi) is 4.98. The number of halogens is 2. The number of hydrogen-bond acceptors (Lipinski definition) is 2. The van der Waals surface area contributed by atoms with Gasteiger partial charge in [0.05, 0.1) is 22.9 Å². The Labute approximate surface area is 130 Å². The standard InChI is InChI=1S/C14H13BrClN3O/c1-19-13(11(15)8-18-19)9-17-14(20)7-6-10-4-2-3-5-12(10)16/h2-8H,9H2,1H3,(H,17,20)/b7-6+. The number of aromatic nitrogens is 2. The van der Waals surface area contributed by atoms with Gasteiger partial charge in [-0.2, -0.15) is 5.10 Å². The molecule has 0 bridgehead atoms. The van der Waals surface area contributed by atoms with Crippen molar-refractivity contribution in [2.45, 2.75) is 6.54 Å². The number of hydrogen-bond donors (Lipinski definition) is 1. The molecular formula is C14H13BrClN3O. The summed E-state index contributed by atoms with van der Waals surface area (Å²) in [5, 5.41) is 7.50. The van der Waals surface area contributed by atoms with E-state index < -0.39 is 0 Å². The maximum absolute atomic E-state index is 11.8. The molecule has 0 aliphatic heterocycles. The summed E-state index contributed by atoms with van der Waals surface area (Å²) < 4.78 is 2.58. The molecule has 0 aliphatic rings. The van der Waals surface area contributed by atoms with E-state index in [1.165, 1.54) is 6.08 Å². The van der Waals surface area contributed by atoms with Gasteiger partial charge >= 0.3 is 0 Å². The van der Waals surface area contributed by atoms with E-state index in [-0.39, 0.29) is 5.91 Å². The normalized spacial score (nSPS) is 10.9. The van der Waals surface area contributed by atoms with Crippen molar-refractivity contribution in [2.24, 2.45) is 7.05 Å². The van der Waals surface area contributed by atoms with Gasteiger partial charge in [0.15, 0.2) is 0 Å². The Balaban J connectivity index is 1.95. The molecule has 0 atom stereocenters. The average Bonchev–Trinajstić information content (AvgIpc) is 2.75. The van der Waals surface area contributed by atoms with Gasteiger partial charge in [0.2, 0.25) is 5.91 Å². The van der Waals surface area contributed by atoms with Crippen molar-refractivity contribution in [3.63, 3.8) is 0 Å². The zero-order valence-electron chi connectivity index (χ0n) is 10.8. The minimum absolute atomic E-state index is 0.182. The predicted octanol–water partition coefficient (Wildman–Crippen LogP) is 3.17. The van der Waals surface area contributed by atoms with E-state index in [9.17, 15) is 4.79 Å². The van der Waals surface area contributed by atoms with E-state index in [1.807, 2.05) is 25.2 Å². The lowest BCUT2D eigenvalue weighted by atomic mass is 10.2. The maximum Gasteiger partial charge on any atom is 0.244 e. The summed E-state index contributed by atoms with van der Waals surface area (Å²) in [5.74, 6) is -0.182. The molecule has 2 aromatic rings. The number of carbonyl (C=O) groups excluding carboxylic acids is 1. The molecule has 0 aliphatic carbocycles. The molecule has 1 heterocycles. The van der Waals surface area contributed by atoms with Gasteiger partial charge < -0.3 is 5.32 Å². The summed E-state index contributed by atoms with van der Waals surface area (Å²) in [4.78, 5) is 11.8. The van der Waals surface area contributed by atoms with Crippen LogP contribution in [0.4, 0.5) is 0 Å². The molecule has 20 heavy (non-hydrogen) atoms. The topological polar surface area (TPSA) is 46.9 Å². The predicted molar refractivity (Wildman–Crippen MR) is 83.2 cm³/mol. The van der Waals surface area contributed by atoms with Crippen LogP contribution in [0.25, 0.3) is 6.08 Å². The Bertz CT molecular complexity index is 632. The fourth-order valence-corrected chi connectivity index (χ4v) is 2.33. The molecule has 0 radical (unpaired) electrons. The molecule has 6 heteroatoms.